The van der Waals surface area contributed by atoms with Gasteiger partial charge in [0.2, 0.25) is 5.78 Å². The van der Waals surface area contributed by atoms with E-state index >= 15 is 0 Å². The monoisotopic (exact) mass is 722 g/mol. The van der Waals surface area contributed by atoms with Crippen LogP contribution < -0.4 is 0 Å². The number of ether oxygens (including phenoxy) is 5. The number of allylic oxidation sites excluding steroid dienone is 1. The first kappa shape index (κ1) is 43.0. The second kappa shape index (κ2) is 16.4. The van der Waals surface area contributed by atoms with Gasteiger partial charge in [0.05, 0.1) is 17.6 Å². The predicted molar refractivity (Wildman–Crippen MR) is 178 cm³/mol. The maximum absolute atomic E-state index is 14.6. The van der Waals surface area contributed by atoms with Crippen LogP contribution in [0.4, 0.5) is 0 Å². The van der Waals surface area contributed by atoms with E-state index < -0.39 is 112 Å². The molecule has 2 aliphatic rings. The van der Waals surface area contributed by atoms with Crippen molar-refractivity contribution >= 4 is 35.6 Å². The van der Waals surface area contributed by atoms with E-state index in [4.69, 9.17) is 23.7 Å². The first-order chi connectivity index (χ1) is 23.4. The minimum atomic E-state index is -2.44. The van der Waals surface area contributed by atoms with Gasteiger partial charge >= 0.3 is 29.8 Å². The fourth-order valence-electron chi connectivity index (χ4n) is 6.41. The number of carbonyl (C=O) groups is 6. The van der Waals surface area contributed by atoms with E-state index in [2.05, 4.69) is 18.0 Å². The largest absolute Gasteiger partial charge is 0.458 e. The van der Waals surface area contributed by atoms with Crippen molar-refractivity contribution in [3.8, 4) is 0 Å². The average molecular weight is 723 g/mol. The second-order valence-electron chi connectivity index (χ2n) is 13.9. The Morgan fingerprint density at radius 2 is 1.49 bits per heavy atom. The molecule has 0 heterocycles. The topological polar surface area (TPSA) is 218 Å². The zero-order valence-corrected chi connectivity index (χ0v) is 30.7. The average Bonchev–Trinajstić information content (AvgIpc) is 3.31. The maximum atomic E-state index is 14.6. The number of rotatable bonds is 9. The lowest BCUT2D eigenvalue weighted by atomic mass is 9.71. The van der Waals surface area contributed by atoms with Crippen molar-refractivity contribution in [3.63, 3.8) is 0 Å². The smallest absolute Gasteiger partial charge is 0.336 e. The molecule has 1 saturated carbocycles. The number of fused-ring (bicyclic) bond motifs is 1. The summed E-state index contributed by atoms with van der Waals surface area (Å²) < 4.78 is 28.7. The summed E-state index contributed by atoms with van der Waals surface area (Å²) in [5.41, 5.74) is -7.03. The molecular weight excluding hydrogens is 672 g/mol. The lowest BCUT2D eigenvalue weighted by Gasteiger charge is -2.44. The number of hydrogen-bond donors (Lipinski definition) is 3. The van der Waals surface area contributed by atoms with E-state index in [0.29, 0.717) is 0 Å². The van der Waals surface area contributed by atoms with E-state index in [0.717, 1.165) is 33.8 Å². The lowest BCUT2D eigenvalue weighted by molar-refractivity contribution is -0.264. The highest BCUT2D eigenvalue weighted by molar-refractivity contribution is 5.98. The van der Waals surface area contributed by atoms with Crippen LogP contribution in [0.5, 0.6) is 0 Å². The van der Waals surface area contributed by atoms with Crippen molar-refractivity contribution in [1.29, 1.82) is 0 Å². The Hall–Kier alpha value is -4.18. The van der Waals surface area contributed by atoms with E-state index in [1.54, 1.807) is 13.8 Å². The number of Topliss-reactive ketones (excluding diaryl/α,β-unsaturated/α-hetero) is 1. The van der Waals surface area contributed by atoms with Crippen molar-refractivity contribution in [1.82, 2.24) is 0 Å². The molecule has 0 aromatic carbocycles. The molecule has 2 rings (SSSR count). The van der Waals surface area contributed by atoms with Gasteiger partial charge in [-0.05, 0) is 45.3 Å². The van der Waals surface area contributed by atoms with E-state index in [1.807, 2.05) is 0 Å². The molecule has 0 bridgehead atoms. The molecule has 0 aromatic rings. The van der Waals surface area contributed by atoms with E-state index in [-0.39, 0.29) is 12.0 Å². The number of hydrogen-bond acceptors (Lipinski definition) is 15. The van der Waals surface area contributed by atoms with Crippen LogP contribution in [0.2, 0.25) is 0 Å². The van der Waals surface area contributed by atoms with Crippen LogP contribution in [0.3, 0.4) is 0 Å². The van der Waals surface area contributed by atoms with Crippen molar-refractivity contribution in [2.24, 2.45) is 17.3 Å². The summed E-state index contributed by atoms with van der Waals surface area (Å²) in [5, 5.41) is 33.3. The first-order valence-electron chi connectivity index (χ1n) is 16.3. The van der Waals surface area contributed by atoms with E-state index in [9.17, 15) is 44.2 Å². The Kier molecular flexibility index (Phi) is 13.9. The number of aliphatic hydroxyl groups excluding tert-OH is 1. The van der Waals surface area contributed by atoms with Gasteiger partial charge in [-0.3, -0.25) is 24.4 Å². The Balaban J connectivity index is 3.13. The standard InChI is InChI=1S/C36H50O15/c1-13-17(2)31(41)48-27-18(3)16-36(50-24(9)39)25(27)26(40)20(5)28(49-32(42)19(4)21(6)51-45)29(46-22(7)37)30(47-23(8)38)34(10,11)14-15-35(12,44)33(36)43/h13-15,18,21,25-30,40,44-45H,4-5,16H2,1-3,6-12H3/b15-14-,17-13-/t18-,21?,25-,26-,27-,28-,29+,30+,35+,36+/m0/s1. The van der Waals surface area contributed by atoms with Crippen molar-refractivity contribution in [3.05, 3.63) is 48.1 Å². The minimum absolute atomic E-state index is 0.168. The molecule has 0 amide bonds. The predicted octanol–water partition coefficient (Wildman–Crippen LogP) is 2.87. The van der Waals surface area contributed by atoms with Gasteiger partial charge < -0.3 is 33.9 Å². The summed E-state index contributed by atoms with van der Waals surface area (Å²) in [6.45, 7) is 20.7. The molecule has 284 valence electrons. The minimum Gasteiger partial charge on any atom is -0.458 e. The Morgan fingerprint density at radius 1 is 0.922 bits per heavy atom. The van der Waals surface area contributed by atoms with Crippen LogP contribution in [0, 0.1) is 17.3 Å². The van der Waals surface area contributed by atoms with Crippen molar-refractivity contribution in [2.45, 2.75) is 123 Å². The van der Waals surface area contributed by atoms with Gasteiger partial charge in [0.25, 0.3) is 0 Å². The van der Waals surface area contributed by atoms with Crippen LogP contribution in [-0.4, -0.2) is 98.9 Å². The molecule has 2 aliphatic carbocycles. The van der Waals surface area contributed by atoms with Gasteiger partial charge in [0.1, 0.15) is 17.8 Å². The lowest BCUT2D eigenvalue weighted by Crippen LogP contribution is -2.61. The molecule has 51 heavy (non-hydrogen) atoms. The summed E-state index contributed by atoms with van der Waals surface area (Å²) in [6, 6.07) is 0. The molecule has 15 heteroatoms. The Labute approximate surface area is 297 Å². The Morgan fingerprint density at radius 3 is 1.98 bits per heavy atom. The zero-order valence-electron chi connectivity index (χ0n) is 30.7. The number of ketones is 1. The highest BCUT2D eigenvalue weighted by atomic mass is 17.1. The van der Waals surface area contributed by atoms with Gasteiger partial charge in [0, 0.05) is 38.2 Å². The summed E-state index contributed by atoms with van der Waals surface area (Å²) >= 11 is 0. The third kappa shape index (κ3) is 9.39. The van der Waals surface area contributed by atoms with Crippen LogP contribution in [0.15, 0.2) is 48.1 Å². The second-order valence-corrected chi connectivity index (χ2v) is 13.9. The molecule has 0 spiro atoms. The van der Waals surface area contributed by atoms with E-state index in [1.165, 1.54) is 39.8 Å². The molecule has 15 nitrogen and oxygen atoms in total. The molecule has 0 aliphatic heterocycles. The van der Waals surface area contributed by atoms with Gasteiger partial charge in [0.15, 0.2) is 23.9 Å². The number of aliphatic hydroxyl groups is 2. The molecule has 0 saturated heterocycles. The zero-order chi connectivity index (χ0) is 39.4. The molecule has 1 fully saturated rings. The Bertz CT molecular complexity index is 1490. The van der Waals surface area contributed by atoms with Crippen molar-refractivity contribution < 1.29 is 72.8 Å². The highest BCUT2D eigenvalue weighted by Gasteiger charge is 2.66. The van der Waals surface area contributed by atoms with Gasteiger partial charge in [-0.1, -0.05) is 46.1 Å². The van der Waals surface area contributed by atoms with Gasteiger partial charge in [-0.25, -0.2) is 14.5 Å². The molecular formula is C36H50O15. The normalized spacial score (nSPS) is 33.7. The maximum Gasteiger partial charge on any atom is 0.336 e. The van der Waals surface area contributed by atoms with Crippen LogP contribution in [0.25, 0.3) is 0 Å². The summed E-state index contributed by atoms with van der Waals surface area (Å²) in [4.78, 5) is 83.4. The molecule has 1 unspecified atom stereocenters. The molecule has 0 radical (unpaired) electrons. The number of carbonyl (C=O) groups excluding carboxylic acids is 6. The quantitative estimate of drug-likeness (QED) is 0.0778. The molecule has 0 aromatic heterocycles. The number of esters is 5. The van der Waals surface area contributed by atoms with Crippen LogP contribution >= 0.6 is 0 Å². The SMILES string of the molecule is C=C(C(=O)O[C@H]1C(=C)[C@H](O)[C@H]2[C@@H](OC(=O)/C(C)=C\C)[C@@H](C)C[C@]2(OC(C)=O)C(=O)[C@](C)(O)/C=C\C(C)(C)[C@H](OC(C)=O)[C@@H]1OC(C)=O)C(C)OO. The molecule has 10 atom stereocenters. The van der Waals surface area contributed by atoms with Crippen LogP contribution in [-0.2, 0) is 57.3 Å². The van der Waals surface area contributed by atoms with Gasteiger partial charge in [-0.15, -0.1) is 0 Å². The third-order valence-corrected chi connectivity index (χ3v) is 9.24. The fraction of sp³-hybridized carbons (Fsp3) is 0.611. The highest BCUT2D eigenvalue weighted by Crippen LogP contribution is 2.51. The third-order valence-electron chi connectivity index (χ3n) is 9.24. The molecule has 3 N–H and O–H groups in total. The van der Waals surface area contributed by atoms with Crippen molar-refractivity contribution in [2.75, 3.05) is 0 Å². The fourth-order valence-corrected chi connectivity index (χ4v) is 6.41. The van der Waals surface area contributed by atoms with Gasteiger partial charge in [-0.2, -0.15) is 0 Å². The summed E-state index contributed by atoms with van der Waals surface area (Å²) in [5.74, 6) is -8.48. The summed E-state index contributed by atoms with van der Waals surface area (Å²) in [7, 11) is 0. The van der Waals surface area contributed by atoms with Crippen LogP contribution in [0.1, 0.15) is 75.7 Å². The first-order valence-corrected chi connectivity index (χ1v) is 16.3. The summed E-state index contributed by atoms with van der Waals surface area (Å²) in [6.07, 6.45) is -6.58.